The van der Waals surface area contributed by atoms with E-state index < -0.39 is 15.8 Å². The molecule has 1 aliphatic rings. The molecule has 0 aliphatic carbocycles. The zero-order chi connectivity index (χ0) is 32.4. The maximum Gasteiger partial charge on any atom is 0.242 e. The second-order valence-corrected chi connectivity index (χ2v) is 14.9. The van der Waals surface area contributed by atoms with Crippen molar-refractivity contribution in [3.63, 3.8) is 0 Å². The van der Waals surface area contributed by atoms with Gasteiger partial charge in [0, 0.05) is 28.9 Å². The van der Waals surface area contributed by atoms with E-state index in [1.807, 2.05) is 29.0 Å². The number of hydrogen-bond acceptors (Lipinski definition) is 4. The Labute approximate surface area is 280 Å². The van der Waals surface area contributed by atoms with Crippen LogP contribution in [0.15, 0.2) is 97.2 Å². The lowest BCUT2D eigenvalue weighted by Gasteiger charge is -2.16. The number of carbonyl (C=O) groups excluding carboxylic acids is 1. The summed E-state index contributed by atoms with van der Waals surface area (Å²) in [5.41, 5.74) is 7.50. The Kier molecular flexibility index (Phi) is 9.37. The van der Waals surface area contributed by atoms with Gasteiger partial charge >= 0.3 is 0 Å². The van der Waals surface area contributed by atoms with Crippen molar-refractivity contribution in [2.24, 2.45) is 5.92 Å². The highest BCUT2D eigenvalue weighted by atomic mass is 35.5. The molecule has 0 radical (unpaired) electrons. The minimum absolute atomic E-state index is 0.143. The van der Waals surface area contributed by atoms with Gasteiger partial charge in [0.15, 0.2) is 5.78 Å². The molecule has 9 heteroatoms. The summed E-state index contributed by atoms with van der Waals surface area (Å²) >= 11 is 12.7. The Hall–Kier alpha value is -3.91. The molecule has 0 atom stereocenters. The van der Waals surface area contributed by atoms with E-state index in [0.29, 0.717) is 27.8 Å². The Bertz CT molecular complexity index is 1970. The van der Waals surface area contributed by atoms with Crippen LogP contribution in [0, 0.1) is 5.92 Å². The number of halogens is 2. The zero-order valence-electron chi connectivity index (χ0n) is 25.8. The molecule has 1 saturated heterocycles. The smallest absolute Gasteiger partial charge is 0.242 e. The number of aryl methyl sites for hydroxylation is 1. The number of nitrogens with zero attached hydrogens (tertiary/aromatic N) is 3. The molecule has 0 amide bonds. The summed E-state index contributed by atoms with van der Waals surface area (Å²) in [7, 11) is -3.65. The van der Waals surface area contributed by atoms with Gasteiger partial charge in [-0.05, 0) is 83.5 Å². The molecular weight excluding hydrogens is 637 g/mol. The number of Topliss-reactive ketones (excluding diaryl/α,β-unsaturated/α-hetero) is 1. The zero-order valence-corrected chi connectivity index (χ0v) is 28.1. The highest BCUT2D eigenvalue weighted by Crippen LogP contribution is 2.32. The third kappa shape index (κ3) is 7.22. The van der Waals surface area contributed by atoms with Crippen molar-refractivity contribution < 1.29 is 13.2 Å². The van der Waals surface area contributed by atoms with E-state index >= 15 is 0 Å². The molecule has 2 heterocycles. The SMILES string of the molecule is CC(C)CCCc1ccc(-c2ccc(Cc3nc(-c4ccc(Cl)cc4Cl)cn3-c3ccc(N4CC(=O)CS4(=O)=O)cc3)cc2)cc1. The molecule has 0 N–H and O–H groups in total. The summed E-state index contributed by atoms with van der Waals surface area (Å²) in [4.78, 5) is 16.8. The van der Waals surface area contributed by atoms with E-state index in [4.69, 9.17) is 28.2 Å². The molecule has 6 nitrogen and oxygen atoms in total. The molecule has 0 unspecified atom stereocenters. The largest absolute Gasteiger partial charge is 0.303 e. The number of ketones is 1. The first-order valence-corrected chi connectivity index (χ1v) is 17.8. The van der Waals surface area contributed by atoms with Crippen molar-refractivity contribution >= 4 is 44.7 Å². The van der Waals surface area contributed by atoms with Crippen LogP contribution in [0.5, 0.6) is 0 Å². The predicted molar refractivity (Wildman–Crippen MR) is 188 cm³/mol. The van der Waals surface area contributed by atoms with Crippen LogP contribution in [0.1, 0.15) is 43.6 Å². The fraction of sp³-hybridized carbons (Fsp3) is 0.243. The van der Waals surface area contributed by atoms with Crippen LogP contribution in [0.25, 0.3) is 28.1 Å². The minimum atomic E-state index is -3.65. The molecule has 1 fully saturated rings. The molecular formula is C37H35Cl2N3O3S. The lowest BCUT2D eigenvalue weighted by Crippen LogP contribution is -2.25. The maximum absolute atomic E-state index is 12.5. The average molecular weight is 673 g/mol. The summed E-state index contributed by atoms with van der Waals surface area (Å²) in [6, 6.07) is 29.8. The molecule has 236 valence electrons. The fourth-order valence-corrected chi connectivity index (χ4v) is 7.73. The molecule has 1 aliphatic heterocycles. The number of aromatic nitrogens is 2. The first-order valence-electron chi connectivity index (χ1n) is 15.4. The third-order valence-corrected chi connectivity index (χ3v) is 10.5. The van der Waals surface area contributed by atoms with Crippen molar-refractivity contribution in [2.75, 3.05) is 16.6 Å². The normalized spacial score (nSPS) is 14.4. The molecule has 1 aromatic heterocycles. The van der Waals surface area contributed by atoms with Gasteiger partial charge in [-0.15, -0.1) is 0 Å². The van der Waals surface area contributed by atoms with Crippen LogP contribution in [0.4, 0.5) is 5.69 Å². The predicted octanol–water partition coefficient (Wildman–Crippen LogP) is 8.80. The Morgan fingerprint density at radius 1 is 0.826 bits per heavy atom. The summed E-state index contributed by atoms with van der Waals surface area (Å²) in [6.45, 7) is 4.39. The number of rotatable bonds is 10. The summed E-state index contributed by atoms with van der Waals surface area (Å²) < 4.78 is 28.1. The number of imidazole rings is 1. The van der Waals surface area contributed by atoms with Crippen LogP contribution in [-0.2, 0) is 27.7 Å². The van der Waals surface area contributed by atoms with E-state index in [0.717, 1.165) is 44.8 Å². The summed E-state index contributed by atoms with van der Waals surface area (Å²) in [6.07, 6.45) is 6.03. The molecule has 0 saturated carbocycles. The quantitative estimate of drug-likeness (QED) is 0.149. The molecule has 0 bridgehead atoms. The van der Waals surface area contributed by atoms with E-state index in [1.165, 1.54) is 24.0 Å². The lowest BCUT2D eigenvalue weighted by molar-refractivity contribution is -0.114. The minimum Gasteiger partial charge on any atom is -0.303 e. The molecule has 0 spiro atoms. The van der Waals surface area contributed by atoms with Gasteiger partial charge in [0.05, 0.1) is 22.9 Å². The van der Waals surface area contributed by atoms with Crippen molar-refractivity contribution in [1.82, 2.24) is 9.55 Å². The monoisotopic (exact) mass is 671 g/mol. The van der Waals surface area contributed by atoms with Crippen molar-refractivity contribution in [2.45, 2.75) is 39.5 Å². The van der Waals surface area contributed by atoms with Gasteiger partial charge in [-0.25, -0.2) is 13.4 Å². The number of benzene rings is 4. The van der Waals surface area contributed by atoms with Crippen LogP contribution in [0.3, 0.4) is 0 Å². The van der Waals surface area contributed by atoms with Gasteiger partial charge in [-0.3, -0.25) is 9.10 Å². The van der Waals surface area contributed by atoms with E-state index in [1.54, 1.807) is 24.3 Å². The van der Waals surface area contributed by atoms with Crippen LogP contribution < -0.4 is 4.31 Å². The average Bonchev–Trinajstić information content (AvgIpc) is 3.56. The standard InChI is InChI=1S/C37H35Cl2N3O3S/c1-25(2)4-3-5-26-6-10-28(11-7-26)29-12-8-27(9-13-29)20-37-40-36(34-19-14-30(38)21-35(34)39)23-41(37)31-15-17-32(18-16-31)42-22-33(43)24-46(42,44)45/h6-19,21,23,25H,3-5,20,22,24H2,1-2H3. The van der Waals surface area contributed by atoms with Crippen molar-refractivity contribution in [1.29, 1.82) is 0 Å². The van der Waals surface area contributed by atoms with Gasteiger partial charge in [0.1, 0.15) is 11.6 Å². The van der Waals surface area contributed by atoms with E-state index in [9.17, 15) is 13.2 Å². The summed E-state index contributed by atoms with van der Waals surface area (Å²) in [5, 5.41) is 1.04. The fourth-order valence-electron chi connectivity index (χ4n) is 5.79. The van der Waals surface area contributed by atoms with Crippen LogP contribution >= 0.6 is 23.2 Å². The third-order valence-electron chi connectivity index (χ3n) is 8.25. The number of hydrogen-bond donors (Lipinski definition) is 0. The Morgan fingerprint density at radius 3 is 2.04 bits per heavy atom. The van der Waals surface area contributed by atoms with Crippen molar-refractivity contribution in [3.8, 4) is 28.1 Å². The topological polar surface area (TPSA) is 72.3 Å². The number of anilines is 1. The Balaban J connectivity index is 1.27. The van der Waals surface area contributed by atoms with Gasteiger partial charge < -0.3 is 4.57 Å². The van der Waals surface area contributed by atoms with Crippen LogP contribution in [-0.4, -0.2) is 36.0 Å². The number of carbonyl (C=O) groups is 1. The van der Waals surface area contributed by atoms with Gasteiger partial charge in [-0.1, -0.05) is 92.0 Å². The highest BCUT2D eigenvalue weighted by Gasteiger charge is 2.34. The molecule has 46 heavy (non-hydrogen) atoms. The number of sulfonamides is 1. The molecule has 4 aromatic carbocycles. The second-order valence-electron chi connectivity index (χ2n) is 12.2. The summed E-state index contributed by atoms with van der Waals surface area (Å²) in [5.74, 6) is 0.739. The second kappa shape index (κ2) is 13.4. The first-order chi connectivity index (χ1) is 22.1. The van der Waals surface area contributed by atoms with Gasteiger partial charge in [-0.2, -0.15) is 0 Å². The van der Waals surface area contributed by atoms with E-state index in [2.05, 4.69) is 62.4 Å². The molecule has 6 rings (SSSR count). The Morgan fingerprint density at radius 2 is 1.46 bits per heavy atom. The lowest BCUT2D eigenvalue weighted by atomic mass is 9.99. The van der Waals surface area contributed by atoms with Crippen LogP contribution in [0.2, 0.25) is 10.0 Å². The van der Waals surface area contributed by atoms with Gasteiger partial charge in [0.2, 0.25) is 10.0 Å². The highest BCUT2D eigenvalue weighted by molar-refractivity contribution is 7.94. The van der Waals surface area contributed by atoms with E-state index in [-0.39, 0.29) is 12.3 Å². The van der Waals surface area contributed by atoms with Crippen molar-refractivity contribution in [3.05, 3.63) is 124 Å². The maximum atomic E-state index is 12.5. The first kappa shape index (κ1) is 32.0. The molecule has 5 aromatic rings. The van der Waals surface area contributed by atoms with Gasteiger partial charge in [0.25, 0.3) is 0 Å².